The molecular weight excluding hydrogens is 335 g/mol. The van der Waals surface area contributed by atoms with Crippen LogP contribution in [0.1, 0.15) is 30.1 Å². The first-order valence-corrected chi connectivity index (χ1v) is 8.39. The Bertz CT molecular complexity index is 888. The molecule has 1 atom stereocenters. The second-order valence-corrected chi connectivity index (χ2v) is 5.91. The van der Waals surface area contributed by atoms with Crippen LogP contribution in [-0.4, -0.2) is 27.8 Å². The number of benzene rings is 2. The van der Waals surface area contributed by atoms with Gasteiger partial charge in [0.05, 0.1) is 11.0 Å². The van der Waals surface area contributed by atoms with Gasteiger partial charge in [0.2, 0.25) is 11.9 Å². The Kier molecular flexibility index (Phi) is 5.26. The zero-order chi connectivity index (χ0) is 18.5. The molecule has 2 aromatic carbocycles. The number of anilines is 1. The van der Waals surface area contributed by atoms with E-state index in [4.69, 9.17) is 0 Å². The molecule has 1 aromatic heterocycles. The summed E-state index contributed by atoms with van der Waals surface area (Å²) in [4.78, 5) is 32.2. The molecule has 1 heterocycles. The van der Waals surface area contributed by atoms with Crippen LogP contribution in [0.15, 0.2) is 48.5 Å². The molecule has 0 spiro atoms. The molecule has 134 valence electrons. The topological polar surface area (TPSA) is 86.9 Å². The highest BCUT2D eigenvalue weighted by molar-refractivity contribution is 6.01. The van der Waals surface area contributed by atoms with Gasteiger partial charge in [0.25, 0.3) is 5.91 Å². The van der Waals surface area contributed by atoms with E-state index in [0.717, 1.165) is 11.0 Å². The monoisotopic (exact) mass is 354 g/mol. The van der Waals surface area contributed by atoms with Gasteiger partial charge in [-0.15, -0.1) is 0 Å². The highest BCUT2D eigenvalue weighted by Gasteiger charge is 2.21. The van der Waals surface area contributed by atoms with Gasteiger partial charge < -0.3 is 10.3 Å². The fraction of sp³-hybridized carbons (Fsp3) is 0.211. The van der Waals surface area contributed by atoms with E-state index in [2.05, 4.69) is 20.6 Å². The number of nitrogens with one attached hydrogen (secondary N) is 3. The van der Waals surface area contributed by atoms with E-state index < -0.39 is 17.8 Å². The van der Waals surface area contributed by atoms with Gasteiger partial charge in [0.1, 0.15) is 11.9 Å². The fourth-order valence-corrected chi connectivity index (χ4v) is 2.62. The lowest BCUT2D eigenvalue weighted by Gasteiger charge is -2.17. The number of carbonyl (C=O) groups is 2. The van der Waals surface area contributed by atoms with Crippen LogP contribution in [-0.2, 0) is 4.79 Å². The first kappa shape index (κ1) is 17.6. The number of halogens is 1. The standard InChI is InChI=1S/C19H19FN4O2/c1-2-5-16(21-17(25)12-8-10-13(20)11-9-12)18(26)24-19-22-14-6-3-4-7-15(14)23-19/h3-4,6-11,16H,2,5H2,1H3,(H,21,25)(H2,22,23,24,26)/t16-/m0/s1. The average molecular weight is 354 g/mol. The number of amides is 2. The van der Waals surface area contributed by atoms with Crippen molar-refractivity contribution >= 4 is 28.8 Å². The lowest BCUT2D eigenvalue weighted by Crippen LogP contribution is -2.43. The van der Waals surface area contributed by atoms with Crippen molar-refractivity contribution in [3.05, 3.63) is 59.9 Å². The van der Waals surface area contributed by atoms with E-state index in [0.29, 0.717) is 24.4 Å². The molecule has 2 amide bonds. The number of aromatic nitrogens is 2. The lowest BCUT2D eigenvalue weighted by molar-refractivity contribution is -0.118. The Morgan fingerprint density at radius 3 is 2.58 bits per heavy atom. The summed E-state index contributed by atoms with van der Waals surface area (Å²) in [6, 6.07) is 11.9. The molecule has 0 bridgehead atoms. The fourth-order valence-electron chi connectivity index (χ4n) is 2.62. The van der Waals surface area contributed by atoms with Gasteiger partial charge in [0.15, 0.2) is 0 Å². The zero-order valence-corrected chi connectivity index (χ0v) is 14.3. The van der Waals surface area contributed by atoms with Crippen molar-refractivity contribution in [2.45, 2.75) is 25.8 Å². The van der Waals surface area contributed by atoms with Crippen LogP contribution in [0.3, 0.4) is 0 Å². The molecule has 26 heavy (non-hydrogen) atoms. The Morgan fingerprint density at radius 2 is 1.88 bits per heavy atom. The molecule has 3 aromatic rings. The Morgan fingerprint density at radius 1 is 1.15 bits per heavy atom. The van der Waals surface area contributed by atoms with Crippen LogP contribution in [0, 0.1) is 5.82 Å². The summed E-state index contributed by atoms with van der Waals surface area (Å²) in [5.41, 5.74) is 1.85. The van der Waals surface area contributed by atoms with Crippen LogP contribution < -0.4 is 10.6 Å². The Balaban J connectivity index is 1.70. The minimum absolute atomic E-state index is 0.295. The van der Waals surface area contributed by atoms with Crippen LogP contribution >= 0.6 is 0 Å². The van der Waals surface area contributed by atoms with E-state index in [1.165, 1.54) is 24.3 Å². The van der Waals surface area contributed by atoms with Crippen LogP contribution in [0.4, 0.5) is 10.3 Å². The molecule has 7 heteroatoms. The molecule has 0 aliphatic rings. The normalized spacial score (nSPS) is 11.9. The SMILES string of the molecule is CCC[C@H](NC(=O)c1ccc(F)cc1)C(=O)Nc1nc2ccccc2[nH]1. The van der Waals surface area contributed by atoms with Crippen molar-refractivity contribution in [2.75, 3.05) is 5.32 Å². The van der Waals surface area contributed by atoms with Crippen LogP contribution in [0.5, 0.6) is 0 Å². The van der Waals surface area contributed by atoms with Gasteiger partial charge in [-0.25, -0.2) is 9.37 Å². The van der Waals surface area contributed by atoms with Crippen molar-refractivity contribution in [3.8, 4) is 0 Å². The summed E-state index contributed by atoms with van der Waals surface area (Å²) in [5.74, 6) is -0.882. The van der Waals surface area contributed by atoms with Crippen molar-refractivity contribution in [1.82, 2.24) is 15.3 Å². The van der Waals surface area contributed by atoms with Crippen molar-refractivity contribution < 1.29 is 14.0 Å². The smallest absolute Gasteiger partial charge is 0.251 e. The summed E-state index contributed by atoms with van der Waals surface area (Å²) in [6.07, 6.45) is 1.18. The molecule has 3 N–H and O–H groups in total. The number of para-hydroxylation sites is 2. The van der Waals surface area contributed by atoms with E-state index >= 15 is 0 Å². The summed E-state index contributed by atoms with van der Waals surface area (Å²) in [5, 5.41) is 5.39. The first-order valence-electron chi connectivity index (χ1n) is 8.39. The number of imidazole rings is 1. The molecule has 0 aliphatic carbocycles. The third kappa shape index (κ3) is 4.05. The van der Waals surface area contributed by atoms with Gasteiger partial charge >= 0.3 is 0 Å². The number of nitrogens with zero attached hydrogens (tertiary/aromatic N) is 1. The van der Waals surface area contributed by atoms with Gasteiger partial charge in [0, 0.05) is 5.56 Å². The van der Waals surface area contributed by atoms with Crippen LogP contribution in [0.2, 0.25) is 0 Å². The third-order valence-corrected chi connectivity index (χ3v) is 3.94. The molecule has 0 saturated heterocycles. The highest BCUT2D eigenvalue weighted by Crippen LogP contribution is 2.14. The highest BCUT2D eigenvalue weighted by atomic mass is 19.1. The molecular formula is C19H19FN4O2. The minimum Gasteiger partial charge on any atom is -0.340 e. The molecule has 0 fully saturated rings. The molecule has 0 aliphatic heterocycles. The Labute approximate surface area is 149 Å². The first-order chi connectivity index (χ1) is 12.6. The van der Waals surface area contributed by atoms with Gasteiger partial charge in [-0.1, -0.05) is 25.5 Å². The van der Waals surface area contributed by atoms with E-state index in [1.54, 1.807) is 0 Å². The van der Waals surface area contributed by atoms with Gasteiger partial charge in [-0.2, -0.15) is 0 Å². The molecule has 3 rings (SSSR count). The van der Waals surface area contributed by atoms with Crippen molar-refractivity contribution in [3.63, 3.8) is 0 Å². The number of rotatable bonds is 6. The van der Waals surface area contributed by atoms with E-state index in [1.807, 2.05) is 31.2 Å². The number of carbonyl (C=O) groups excluding carboxylic acids is 2. The summed E-state index contributed by atoms with van der Waals surface area (Å²) < 4.78 is 13.0. The predicted molar refractivity (Wildman–Crippen MR) is 97.3 cm³/mol. The summed E-state index contributed by atoms with van der Waals surface area (Å²) in [6.45, 7) is 1.92. The van der Waals surface area contributed by atoms with E-state index in [-0.39, 0.29) is 5.91 Å². The van der Waals surface area contributed by atoms with Gasteiger partial charge in [-0.3, -0.25) is 14.9 Å². The number of H-pyrrole nitrogens is 1. The molecule has 0 saturated carbocycles. The number of hydrogen-bond acceptors (Lipinski definition) is 3. The molecule has 6 nitrogen and oxygen atoms in total. The maximum atomic E-state index is 13.0. The predicted octanol–water partition coefficient (Wildman–Crippen LogP) is 3.24. The van der Waals surface area contributed by atoms with E-state index in [9.17, 15) is 14.0 Å². The van der Waals surface area contributed by atoms with Crippen LogP contribution in [0.25, 0.3) is 11.0 Å². The van der Waals surface area contributed by atoms with Crippen molar-refractivity contribution in [1.29, 1.82) is 0 Å². The molecule has 0 unspecified atom stereocenters. The van der Waals surface area contributed by atoms with Crippen molar-refractivity contribution in [2.24, 2.45) is 0 Å². The molecule has 0 radical (unpaired) electrons. The average Bonchev–Trinajstić information content (AvgIpc) is 3.04. The zero-order valence-electron chi connectivity index (χ0n) is 14.3. The lowest BCUT2D eigenvalue weighted by atomic mass is 10.1. The maximum Gasteiger partial charge on any atom is 0.251 e. The number of hydrogen-bond donors (Lipinski definition) is 3. The number of fused-ring (bicyclic) bond motifs is 1. The maximum absolute atomic E-state index is 13.0. The van der Waals surface area contributed by atoms with Gasteiger partial charge in [-0.05, 0) is 42.8 Å². The second-order valence-electron chi connectivity index (χ2n) is 5.91. The number of aromatic amines is 1. The quantitative estimate of drug-likeness (QED) is 0.635. The summed E-state index contributed by atoms with van der Waals surface area (Å²) in [7, 11) is 0. The summed E-state index contributed by atoms with van der Waals surface area (Å²) >= 11 is 0. The second kappa shape index (κ2) is 7.77. The minimum atomic E-state index is -0.717. The third-order valence-electron chi connectivity index (χ3n) is 3.94. The largest absolute Gasteiger partial charge is 0.340 e. The Hall–Kier alpha value is -3.22.